The summed E-state index contributed by atoms with van der Waals surface area (Å²) in [6.07, 6.45) is 1.59. The highest BCUT2D eigenvalue weighted by Crippen LogP contribution is 2.10. The number of H-pyrrole nitrogens is 1. The Labute approximate surface area is 91.2 Å². The highest BCUT2D eigenvalue weighted by Gasteiger charge is 2.11. The van der Waals surface area contributed by atoms with Crippen molar-refractivity contribution in [3.05, 3.63) is 41.6 Å². The summed E-state index contributed by atoms with van der Waals surface area (Å²) in [5, 5.41) is 9.62. The van der Waals surface area contributed by atoms with Crippen LogP contribution in [0.25, 0.3) is 0 Å². The molecule has 1 aromatic carbocycles. The Morgan fingerprint density at radius 3 is 2.75 bits per heavy atom. The molecule has 2 aromatic rings. The van der Waals surface area contributed by atoms with E-state index in [9.17, 15) is 4.79 Å². The summed E-state index contributed by atoms with van der Waals surface area (Å²) in [6.45, 7) is 0. The zero-order valence-electron chi connectivity index (χ0n) is 8.29. The monoisotopic (exact) mass is 215 g/mol. The van der Waals surface area contributed by atoms with Gasteiger partial charge in [-0.25, -0.2) is 4.99 Å². The summed E-state index contributed by atoms with van der Waals surface area (Å²) in [5.41, 5.74) is 6.03. The molecule has 2 rings (SSSR count). The van der Waals surface area contributed by atoms with Crippen molar-refractivity contribution < 1.29 is 4.79 Å². The SMILES string of the molecule is NC(=O)c1n[nH]nc1N=Cc1ccccc1. The van der Waals surface area contributed by atoms with Gasteiger partial charge in [0.25, 0.3) is 5.91 Å². The van der Waals surface area contributed by atoms with Crippen molar-refractivity contribution in [2.75, 3.05) is 0 Å². The molecule has 0 aliphatic rings. The maximum Gasteiger partial charge on any atom is 0.273 e. The molecule has 1 amide bonds. The Hall–Kier alpha value is -2.50. The molecule has 0 saturated carbocycles. The van der Waals surface area contributed by atoms with Crippen molar-refractivity contribution in [1.82, 2.24) is 15.4 Å². The third-order valence-electron chi connectivity index (χ3n) is 1.90. The summed E-state index contributed by atoms with van der Waals surface area (Å²) in [6, 6.07) is 9.45. The van der Waals surface area contributed by atoms with Crippen LogP contribution in [0.2, 0.25) is 0 Å². The molecule has 80 valence electrons. The van der Waals surface area contributed by atoms with E-state index < -0.39 is 5.91 Å². The van der Waals surface area contributed by atoms with E-state index in [1.165, 1.54) is 0 Å². The molecule has 0 saturated heterocycles. The second-order valence-electron chi connectivity index (χ2n) is 3.03. The van der Waals surface area contributed by atoms with Gasteiger partial charge in [0.05, 0.1) is 0 Å². The van der Waals surface area contributed by atoms with Crippen LogP contribution in [0.4, 0.5) is 5.82 Å². The van der Waals surface area contributed by atoms with Crippen molar-refractivity contribution in [2.45, 2.75) is 0 Å². The molecule has 0 bridgehead atoms. The number of amides is 1. The average molecular weight is 215 g/mol. The molecule has 1 heterocycles. The second kappa shape index (κ2) is 4.35. The van der Waals surface area contributed by atoms with E-state index in [-0.39, 0.29) is 11.5 Å². The smallest absolute Gasteiger partial charge is 0.273 e. The number of rotatable bonds is 3. The molecule has 0 atom stereocenters. The zero-order valence-corrected chi connectivity index (χ0v) is 8.29. The summed E-state index contributed by atoms with van der Waals surface area (Å²) >= 11 is 0. The summed E-state index contributed by atoms with van der Waals surface area (Å²) in [4.78, 5) is 14.9. The second-order valence-corrected chi connectivity index (χ2v) is 3.03. The van der Waals surface area contributed by atoms with Gasteiger partial charge >= 0.3 is 0 Å². The van der Waals surface area contributed by atoms with Gasteiger partial charge in [-0.1, -0.05) is 30.3 Å². The van der Waals surface area contributed by atoms with Crippen LogP contribution in [0.3, 0.4) is 0 Å². The van der Waals surface area contributed by atoms with Gasteiger partial charge in [0.15, 0.2) is 5.69 Å². The van der Waals surface area contributed by atoms with Crippen LogP contribution in [-0.4, -0.2) is 27.5 Å². The van der Waals surface area contributed by atoms with Crippen molar-refractivity contribution in [3.63, 3.8) is 0 Å². The number of hydrogen-bond donors (Lipinski definition) is 2. The minimum atomic E-state index is -0.658. The van der Waals surface area contributed by atoms with Crippen LogP contribution >= 0.6 is 0 Å². The van der Waals surface area contributed by atoms with E-state index in [1.807, 2.05) is 30.3 Å². The average Bonchev–Trinajstić information content (AvgIpc) is 2.76. The molecule has 3 N–H and O–H groups in total. The number of carbonyl (C=O) groups is 1. The summed E-state index contributed by atoms with van der Waals surface area (Å²) in [7, 11) is 0. The predicted octanol–water partition coefficient (Wildman–Crippen LogP) is 0.654. The maximum atomic E-state index is 10.9. The lowest BCUT2D eigenvalue weighted by molar-refractivity contribution is 0.0996. The Morgan fingerprint density at radius 2 is 2.06 bits per heavy atom. The predicted molar refractivity (Wildman–Crippen MR) is 58.6 cm³/mol. The Balaban J connectivity index is 2.24. The summed E-state index contributed by atoms with van der Waals surface area (Å²) in [5.74, 6) is -0.467. The largest absolute Gasteiger partial charge is 0.364 e. The van der Waals surface area contributed by atoms with E-state index >= 15 is 0 Å². The fraction of sp³-hybridized carbons (Fsp3) is 0. The molecule has 1 aromatic heterocycles. The number of nitrogens with two attached hydrogens (primary N) is 1. The van der Waals surface area contributed by atoms with E-state index in [1.54, 1.807) is 6.21 Å². The van der Waals surface area contributed by atoms with Crippen LogP contribution in [-0.2, 0) is 0 Å². The Bertz CT molecular complexity index is 517. The first-order valence-electron chi connectivity index (χ1n) is 4.57. The Morgan fingerprint density at radius 1 is 1.31 bits per heavy atom. The number of aromatic nitrogens is 3. The highest BCUT2D eigenvalue weighted by atomic mass is 16.1. The molecular formula is C10H9N5O. The zero-order chi connectivity index (χ0) is 11.4. The topological polar surface area (TPSA) is 97.0 Å². The van der Waals surface area contributed by atoms with Gasteiger partial charge in [0.1, 0.15) is 0 Å². The third kappa shape index (κ3) is 2.11. The molecule has 6 heteroatoms. The molecule has 0 radical (unpaired) electrons. The number of nitrogens with one attached hydrogen (secondary N) is 1. The van der Waals surface area contributed by atoms with Gasteiger partial charge in [-0.3, -0.25) is 4.79 Å². The third-order valence-corrected chi connectivity index (χ3v) is 1.90. The molecule has 0 unspecified atom stereocenters. The van der Waals surface area contributed by atoms with Crippen LogP contribution in [0.1, 0.15) is 16.1 Å². The van der Waals surface area contributed by atoms with Crippen LogP contribution in [0, 0.1) is 0 Å². The number of primary amides is 1. The van der Waals surface area contributed by atoms with E-state index in [4.69, 9.17) is 5.73 Å². The molecule has 0 spiro atoms. The lowest BCUT2D eigenvalue weighted by Crippen LogP contribution is -2.11. The van der Waals surface area contributed by atoms with Gasteiger partial charge in [-0.2, -0.15) is 5.21 Å². The molecule has 6 nitrogen and oxygen atoms in total. The van der Waals surface area contributed by atoms with Crippen LogP contribution in [0.15, 0.2) is 35.3 Å². The number of benzene rings is 1. The van der Waals surface area contributed by atoms with Crippen molar-refractivity contribution in [1.29, 1.82) is 0 Å². The maximum absolute atomic E-state index is 10.9. The molecule has 0 fully saturated rings. The first-order valence-corrected chi connectivity index (χ1v) is 4.57. The van der Waals surface area contributed by atoms with E-state index in [0.29, 0.717) is 0 Å². The van der Waals surface area contributed by atoms with Gasteiger partial charge < -0.3 is 5.73 Å². The lowest BCUT2D eigenvalue weighted by Gasteiger charge is -1.90. The fourth-order valence-electron chi connectivity index (χ4n) is 1.16. The lowest BCUT2D eigenvalue weighted by atomic mass is 10.2. The number of aromatic amines is 1. The quantitative estimate of drug-likeness (QED) is 0.735. The first-order chi connectivity index (χ1) is 7.77. The normalized spacial score (nSPS) is 10.8. The van der Waals surface area contributed by atoms with E-state index in [0.717, 1.165) is 5.56 Å². The van der Waals surface area contributed by atoms with Crippen LogP contribution in [0.5, 0.6) is 0 Å². The number of carbonyl (C=O) groups excluding carboxylic acids is 1. The van der Waals surface area contributed by atoms with Gasteiger partial charge in [-0.15, -0.1) is 10.2 Å². The number of aliphatic imine (C=N–C) groups is 1. The van der Waals surface area contributed by atoms with Crippen LogP contribution < -0.4 is 5.73 Å². The van der Waals surface area contributed by atoms with Crippen molar-refractivity contribution >= 4 is 17.9 Å². The first kappa shape index (κ1) is 10.0. The van der Waals surface area contributed by atoms with Gasteiger partial charge in [0.2, 0.25) is 5.82 Å². The number of nitrogens with zero attached hydrogens (tertiary/aromatic N) is 3. The highest BCUT2D eigenvalue weighted by molar-refractivity contribution is 5.95. The Kier molecular flexibility index (Phi) is 2.73. The molecule has 0 aliphatic heterocycles. The van der Waals surface area contributed by atoms with Crippen molar-refractivity contribution in [2.24, 2.45) is 10.7 Å². The standard InChI is InChI=1S/C10H9N5O/c11-9(16)8-10(14-15-13-8)12-6-7-4-2-1-3-5-7/h1-6H,(H2,11,16)(H,13,14,15). The number of hydrogen-bond acceptors (Lipinski definition) is 4. The molecular weight excluding hydrogens is 206 g/mol. The minimum absolute atomic E-state index is 0.0344. The summed E-state index contributed by atoms with van der Waals surface area (Å²) < 4.78 is 0. The van der Waals surface area contributed by atoms with Crippen molar-refractivity contribution in [3.8, 4) is 0 Å². The van der Waals surface area contributed by atoms with E-state index in [2.05, 4.69) is 20.4 Å². The minimum Gasteiger partial charge on any atom is -0.364 e. The van der Waals surface area contributed by atoms with Gasteiger partial charge in [-0.05, 0) is 5.56 Å². The van der Waals surface area contributed by atoms with Gasteiger partial charge in [0, 0.05) is 6.21 Å². The fourth-order valence-corrected chi connectivity index (χ4v) is 1.16. The molecule has 0 aliphatic carbocycles. The molecule has 16 heavy (non-hydrogen) atoms.